The van der Waals surface area contributed by atoms with Crippen molar-refractivity contribution in [3.05, 3.63) is 59.2 Å². The zero-order valence-electron chi connectivity index (χ0n) is 16.8. The molecular weight excluding hydrogens is 364 g/mol. The fraction of sp³-hybridized carbons (Fsp3) is 0.417. The largest absolute Gasteiger partial charge is 0.467 e. The Hall–Kier alpha value is -2.82. The van der Waals surface area contributed by atoms with Gasteiger partial charge in [-0.15, -0.1) is 0 Å². The van der Waals surface area contributed by atoms with E-state index in [2.05, 4.69) is 10.6 Å². The van der Waals surface area contributed by atoms with E-state index < -0.39 is 11.6 Å². The van der Waals surface area contributed by atoms with Crippen molar-refractivity contribution >= 4 is 17.5 Å². The van der Waals surface area contributed by atoms with E-state index in [1.165, 1.54) is 0 Å². The molecule has 29 heavy (non-hydrogen) atoms. The average Bonchev–Trinajstić information content (AvgIpc) is 2.69. The van der Waals surface area contributed by atoms with E-state index in [0.29, 0.717) is 0 Å². The lowest BCUT2D eigenvalue weighted by molar-refractivity contribution is -0.160. The van der Waals surface area contributed by atoms with Crippen LogP contribution >= 0.6 is 0 Å². The molecule has 2 heterocycles. The smallest absolute Gasteiger partial charge is 0.237 e. The molecule has 3 aliphatic rings. The average molecular weight is 390 g/mol. The van der Waals surface area contributed by atoms with Gasteiger partial charge in [0.05, 0.1) is 0 Å². The molecule has 2 N–H and O–H groups in total. The molecular formula is C24H26N2O3. The van der Waals surface area contributed by atoms with Crippen LogP contribution in [0.25, 0.3) is 0 Å². The molecule has 5 rings (SSSR count). The molecule has 2 amide bonds. The number of ether oxygens (including phenoxy) is 1. The van der Waals surface area contributed by atoms with E-state index in [4.69, 9.17) is 4.74 Å². The van der Waals surface area contributed by atoms with Crippen LogP contribution in [0.5, 0.6) is 5.75 Å². The number of anilines is 1. The molecule has 0 aromatic heterocycles. The first-order valence-corrected chi connectivity index (χ1v) is 10.5. The molecule has 0 unspecified atom stereocenters. The van der Waals surface area contributed by atoms with Crippen LogP contribution in [0, 0.1) is 25.7 Å². The zero-order chi connectivity index (χ0) is 20.2. The maximum atomic E-state index is 13.4. The third-order valence-electron chi connectivity index (χ3n) is 6.83. The minimum atomic E-state index is -0.767. The first kappa shape index (κ1) is 18.2. The molecule has 1 saturated carbocycles. The maximum Gasteiger partial charge on any atom is 0.237 e. The molecule has 150 valence electrons. The monoisotopic (exact) mass is 390 g/mol. The van der Waals surface area contributed by atoms with Gasteiger partial charge >= 0.3 is 0 Å². The number of para-hydroxylation sites is 1. The number of aryl methyl sites for hydroxylation is 2. The first-order chi connectivity index (χ1) is 14.0. The summed E-state index contributed by atoms with van der Waals surface area (Å²) < 4.78 is 6.38. The lowest BCUT2D eigenvalue weighted by Gasteiger charge is -2.56. The van der Waals surface area contributed by atoms with Gasteiger partial charge in [-0.3, -0.25) is 9.59 Å². The number of amides is 2. The Bertz CT molecular complexity index is 1000. The van der Waals surface area contributed by atoms with E-state index in [0.717, 1.165) is 53.8 Å². The summed E-state index contributed by atoms with van der Waals surface area (Å²) in [5.41, 5.74) is 3.13. The van der Waals surface area contributed by atoms with E-state index in [1.807, 2.05) is 56.3 Å². The highest BCUT2D eigenvalue weighted by molar-refractivity contribution is 6.08. The van der Waals surface area contributed by atoms with Gasteiger partial charge < -0.3 is 15.4 Å². The molecule has 2 aromatic rings. The topological polar surface area (TPSA) is 67.4 Å². The number of carbonyl (C=O) groups excluding carboxylic acids is 2. The van der Waals surface area contributed by atoms with Gasteiger partial charge in [-0.2, -0.15) is 0 Å². The van der Waals surface area contributed by atoms with Gasteiger partial charge in [0.25, 0.3) is 0 Å². The highest BCUT2D eigenvalue weighted by Gasteiger charge is 2.60. The van der Waals surface area contributed by atoms with Gasteiger partial charge in [-0.1, -0.05) is 36.8 Å². The summed E-state index contributed by atoms with van der Waals surface area (Å²) in [6.45, 7) is 3.96. The van der Waals surface area contributed by atoms with E-state index in [-0.39, 0.29) is 23.7 Å². The second-order valence-electron chi connectivity index (χ2n) is 8.68. The number of nitrogens with one attached hydrogen (secondary N) is 2. The summed E-state index contributed by atoms with van der Waals surface area (Å²) in [5.74, 6) is -0.503. The second kappa shape index (κ2) is 6.61. The number of hydrogen-bond donors (Lipinski definition) is 2. The molecule has 1 aliphatic carbocycles. The summed E-state index contributed by atoms with van der Waals surface area (Å²) in [7, 11) is 0. The quantitative estimate of drug-likeness (QED) is 0.760. The minimum Gasteiger partial charge on any atom is -0.467 e. The summed E-state index contributed by atoms with van der Waals surface area (Å²) >= 11 is 0. The second-order valence-corrected chi connectivity index (χ2v) is 8.68. The van der Waals surface area contributed by atoms with Crippen molar-refractivity contribution in [2.45, 2.75) is 51.2 Å². The van der Waals surface area contributed by atoms with Crippen LogP contribution in [0.15, 0.2) is 42.5 Å². The standard InChI is InChI=1S/C24H26N2O3/c1-14-10-11-15(2)18(13-14)25-22(27)21-20-16-7-3-4-9-19(16)29-24(26-23(21)28)12-6-5-8-17(20)24/h3-4,7,9-11,13,17,20-21H,5-6,8,12H2,1-2H3,(H,25,27)(H,26,28)/t17-,20+,21+,24+/m0/s1. The summed E-state index contributed by atoms with van der Waals surface area (Å²) in [6, 6.07) is 13.8. The summed E-state index contributed by atoms with van der Waals surface area (Å²) in [4.78, 5) is 26.6. The van der Waals surface area contributed by atoms with Gasteiger partial charge in [0.15, 0.2) is 5.72 Å². The van der Waals surface area contributed by atoms with Crippen molar-refractivity contribution in [3.8, 4) is 5.75 Å². The van der Waals surface area contributed by atoms with Crippen molar-refractivity contribution in [1.82, 2.24) is 5.32 Å². The highest BCUT2D eigenvalue weighted by atomic mass is 16.5. The maximum absolute atomic E-state index is 13.4. The van der Waals surface area contributed by atoms with Crippen LogP contribution in [0.2, 0.25) is 0 Å². The van der Waals surface area contributed by atoms with Crippen molar-refractivity contribution in [1.29, 1.82) is 0 Å². The fourth-order valence-corrected chi connectivity index (χ4v) is 5.43. The number of hydrogen-bond acceptors (Lipinski definition) is 3. The number of carbonyl (C=O) groups is 2. The van der Waals surface area contributed by atoms with Crippen LogP contribution in [0.4, 0.5) is 5.69 Å². The van der Waals surface area contributed by atoms with Gasteiger partial charge in [0, 0.05) is 23.9 Å². The minimum absolute atomic E-state index is 0.109. The normalized spacial score (nSPS) is 29.7. The number of rotatable bonds is 2. The van der Waals surface area contributed by atoms with Crippen LogP contribution in [-0.4, -0.2) is 17.5 Å². The molecule has 1 saturated heterocycles. The lowest BCUT2D eigenvalue weighted by atomic mass is 9.62. The van der Waals surface area contributed by atoms with Crippen LogP contribution < -0.4 is 15.4 Å². The Balaban J connectivity index is 1.56. The molecule has 2 aliphatic heterocycles. The van der Waals surface area contributed by atoms with E-state index >= 15 is 0 Å². The summed E-state index contributed by atoms with van der Waals surface area (Å²) in [5, 5.41) is 6.16. The van der Waals surface area contributed by atoms with Gasteiger partial charge in [-0.25, -0.2) is 0 Å². The Kier molecular flexibility index (Phi) is 4.16. The SMILES string of the molecule is Cc1ccc(C)c(NC(=O)[C@@H]2C(=O)N[C@@]34CCCC[C@H]3[C@H]2c2ccccc2O4)c1. The van der Waals surface area contributed by atoms with Gasteiger partial charge in [0.1, 0.15) is 11.7 Å². The van der Waals surface area contributed by atoms with Crippen molar-refractivity contribution in [3.63, 3.8) is 0 Å². The number of fused-ring (bicyclic) bond motifs is 2. The Morgan fingerprint density at radius 2 is 2.00 bits per heavy atom. The van der Waals surface area contributed by atoms with Gasteiger partial charge in [0.2, 0.25) is 11.8 Å². The van der Waals surface area contributed by atoms with Crippen LogP contribution in [0.1, 0.15) is 48.3 Å². The number of benzene rings is 2. The molecule has 5 heteroatoms. The molecule has 0 spiro atoms. The lowest BCUT2D eigenvalue weighted by Crippen LogP contribution is -2.69. The predicted molar refractivity (Wildman–Crippen MR) is 111 cm³/mol. The van der Waals surface area contributed by atoms with E-state index in [1.54, 1.807) is 0 Å². The Morgan fingerprint density at radius 3 is 2.86 bits per heavy atom. The highest BCUT2D eigenvalue weighted by Crippen LogP contribution is 2.55. The molecule has 2 fully saturated rings. The molecule has 2 bridgehead atoms. The van der Waals surface area contributed by atoms with Crippen molar-refractivity contribution in [2.75, 3.05) is 5.32 Å². The molecule has 4 atom stereocenters. The molecule has 2 aromatic carbocycles. The third kappa shape index (κ3) is 2.83. The number of piperidine rings is 1. The fourth-order valence-electron chi connectivity index (χ4n) is 5.43. The van der Waals surface area contributed by atoms with E-state index in [9.17, 15) is 9.59 Å². The van der Waals surface area contributed by atoms with Crippen molar-refractivity contribution in [2.24, 2.45) is 11.8 Å². The Labute approximate surface area is 170 Å². The first-order valence-electron chi connectivity index (χ1n) is 10.5. The van der Waals surface area contributed by atoms with Crippen LogP contribution in [0.3, 0.4) is 0 Å². The predicted octanol–water partition coefficient (Wildman–Crippen LogP) is 4.05. The molecule has 0 radical (unpaired) electrons. The Morgan fingerprint density at radius 1 is 1.17 bits per heavy atom. The van der Waals surface area contributed by atoms with Gasteiger partial charge in [-0.05, 0) is 55.5 Å². The molecule has 5 nitrogen and oxygen atoms in total. The zero-order valence-corrected chi connectivity index (χ0v) is 16.8. The third-order valence-corrected chi connectivity index (χ3v) is 6.83. The van der Waals surface area contributed by atoms with Crippen LogP contribution in [-0.2, 0) is 9.59 Å². The summed E-state index contributed by atoms with van der Waals surface area (Å²) in [6.07, 6.45) is 3.85. The van der Waals surface area contributed by atoms with Crippen molar-refractivity contribution < 1.29 is 14.3 Å².